The van der Waals surface area contributed by atoms with Gasteiger partial charge in [0.25, 0.3) is 5.91 Å². The summed E-state index contributed by atoms with van der Waals surface area (Å²) in [4.78, 5) is 21.0. The molecule has 2 aliphatic heterocycles. The Labute approximate surface area is 135 Å². The third-order valence-corrected chi connectivity index (χ3v) is 4.20. The molecule has 7 heteroatoms. The molecule has 1 fully saturated rings. The van der Waals surface area contributed by atoms with Crippen molar-refractivity contribution in [3.8, 4) is 0 Å². The van der Waals surface area contributed by atoms with Gasteiger partial charge in [-0.25, -0.2) is 4.99 Å². The molecule has 1 unspecified atom stereocenters. The second kappa shape index (κ2) is 6.02. The van der Waals surface area contributed by atoms with Crippen molar-refractivity contribution in [2.24, 2.45) is 16.5 Å². The topological polar surface area (TPSA) is 100.0 Å². The number of aliphatic imine (C=N–C) groups is 1. The van der Waals surface area contributed by atoms with Crippen LogP contribution in [0.2, 0.25) is 0 Å². The number of nitrogens with zero attached hydrogens (tertiary/aromatic N) is 3. The second-order valence-electron chi connectivity index (χ2n) is 5.96. The molecular weight excluding hydrogens is 292 g/mol. The molecule has 3 rings (SSSR count). The number of benzene rings is 1. The van der Waals surface area contributed by atoms with Crippen molar-refractivity contribution in [1.82, 2.24) is 15.1 Å². The number of hydrogen-bond acceptors (Lipinski definition) is 6. The van der Waals surface area contributed by atoms with Crippen LogP contribution in [0.3, 0.4) is 0 Å². The molecular formula is C16H22N6O. The maximum absolute atomic E-state index is 12.7. The van der Waals surface area contributed by atoms with Crippen molar-refractivity contribution in [2.75, 3.05) is 33.2 Å². The molecule has 5 N–H and O–H groups in total. The Hall–Kier alpha value is -2.38. The number of rotatable bonds is 2. The Balaban J connectivity index is 1.83. The molecule has 2 aliphatic rings. The molecule has 23 heavy (non-hydrogen) atoms. The molecule has 1 aromatic rings. The Kier molecular flexibility index (Phi) is 4.06. The van der Waals surface area contributed by atoms with Gasteiger partial charge in [-0.1, -0.05) is 12.1 Å². The zero-order chi connectivity index (χ0) is 16.4. The lowest BCUT2D eigenvalue weighted by Crippen LogP contribution is -2.50. The fraction of sp³-hybridized carbons (Fsp3) is 0.375. The van der Waals surface area contributed by atoms with E-state index in [1.165, 1.54) is 0 Å². The van der Waals surface area contributed by atoms with E-state index in [1.54, 1.807) is 24.4 Å². The van der Waals surface area contributed by atoms with Crippen molar-refractivity contribution in [3.05, 3.63) is 47.7 Å². The molecule has 0 aromatic heterocycles. The first-order valence-electron chi connectivity index (χ1n) is 7.65. The average molecular weight is 314 g/mol. The summed E-state index contributed by atoms with van der Waals surface area (Å²) in [5, 5.41) is 2.99. The second-order valence-corrected chi connectivity index (χ2v) is 5.96. The van der Waals surface area contributed by atoms with Gasteiger partial charge in [0.05, 0.1) is 0 Å². The Morgan fingerprint density at radius 2 is 2.04 bits per heavy atom. The van der Waals surface area contributed by atoms with Crippen LogP contribution < -0.4 is 16.8 Å². The minimum Gasteiger partial charge on any atom is -0.384 e. The third kappa shape index (κ3) is 3.20. The fourth-order valence-electron chi connectivity index (χ4n) is 2.76. The molecule has 1 saturated heterocycles. The number of amides is 1. The molecule has 0 saturated carbocycles. The van der Waals surface area contributed by atoms with Crippen LogP contribution in [0.4, 0.5) is 0 Å². The van der Waals surface area contributed by atoms with E-state index in [-0.39, 0.29) is 5.91 Å². The monoisotopic (exact) mass is 314 g/mol. The van der Waals surface area contributed by atoms with Gasteiger partial charge in [0.15, 0.2) is 0 Å². The Bertz CT molecular complexity index is 662. The molecule has 7 nitrogen and oxygen atoms in total. The first-order valence-corrected chi connectivity index (χ1v) is 7.65. The number of likely N-dealkylation sites (N-methyl/N-ethyl adjacent to an activating group) is 1. The highest BCUT2D eigenvalue weighted by atomic mass is 16.2. The van der Waals surface area contributed by atoms with Gasteiger partial charge in [0.1, 0.15) is 5.84 Å². The van der Waals surface area contributed by atoms with Crippen molar-refractivity contribution in [2.45, 2.75) is 5.79 Å². The summed E-state index contributed by atoms with van der Waals surface area (Å²) in [5.41, 5.74) is 13.3. The van der Waals surface area contributed by atoms with Crippen molar-refractivity contribution >= 4 is 11.7 Å². The van der Waals surface area contributed by atoms with Gasteiger partial charge in [0, 0.05) is 43.5 Å². The minimum atomic E-state index is -1.14. The van der Waals surface area contributed by atoms with Gasteiger partial charge in [0.2, 0.25) is 5.79 Å². The maximum atomic E-state index is 12.7. The summed E-state index contributed by atoms with van der Waals surface area (Å²) in [6.07, 6.45) is 3.31. The number of nitrogens with one attached hydrogen (secondary N) is 1. The summed E-state index contributed by atoms with van der Waals surface area (Å²) in [6, 6.07) is 7.24. The van der Waals surface area contributed by atoms with Crippen molar-refractivity contribution in [3.63, 3.8) is 0 Å². The van der Waals surface area contributed by atoms with E-state index in [9.17, 15) is 4.79 Å². The van der Waals surface area contributed by atoms with Crippen LogP contribution in [-0.2, 0) is 5.79 Å². The zero-order valence-electron chi connectivity index (χ0n) is 13.2. The normalized spacial score (nSPS) is 25.0. The highest BCUT2D eigenvalue weighted by Crippen LogP contribution is 2.21. The summed E-state index contributed by atoms with van der Waals surface area (Å²) in [5.74, 6) is -0.772. The van der Waals surface area contributed by atoms with Gasteiger partial charge >= 0.3 is 0 Å². The number of carbonyl (C=O) groups excluding carboxylic acids is 1. The van der Waals surface area contributed by atoms with Gasteiger partial charge in [-0.15, -0.1) is 0 Å². The number of amidine groups is 1. The highest BCUT2D eigenvalue weighted by molar-refractivity contribution is 5.95. The average Bonchev–Trinajstić information content (AvgIpc) is 2.55. The Morgan fingerprint density at radius 3 is 2.74 bits per heavy atom. The number of carbonyl (C=O) groups is 1. The first-order chi connectivity index (χ1) is 11.0. The smallest absolute Gasteiger partial charge is 0.253 e. The van der Waals surface area contributed by atoms with E-state index < -0.39 is 5.79 Å². The highest BCUT2D eigenvalue weighted by Gasteiger charge is 2.29. The molecule has 1 aromatic carbocycles. The zero-order valence-corrected chi connectivity index (χ0v) is 13.2. The quantitative estimate of drug-likeness (QED) is 0.691. The van der Waals surface area contributed by atoms with E-state index >= 15 is 0 Å². The largest absolute Gasteiger partial charge is 0.384 e. The van der Waals surface area contributed by atoms with Crippen LogP contribution in [0.15, 0.2) is 41.5 Å². The summed E-state index contributed by atoms with van der Waals surface area (Å²) >= 11 is 0. The molecule has 0 bridgehead atoms. The maximum Gasteiger partial charge on any atom is 0.253 e. The predicted octanol–water partition coefficient (Wildman–Crippen LogP) is -0.383. The van der Waals surface area contributed by atoms with Crippen molar-refractivity contribution in [1.29, 1.82) is 0 Å². The fourth-order valence-corrected chi connectivity index (χ4v) is 2.76. The van der Waals surface area contributed by atoms with Gasteiger partial charge in [-0.2, -0.15) is 0 Å². The number of nitrogens with two attached hydrogens (primary N) is 2. The van der Waals surface area contributed by atoms with E-state index in [4.69, 9.17) is 11.5 Å². The standard InChI is InChI=1S/C16H22N6O/c1-21-7-9-22(10-8-21)15(23)12-3-2-4-13(11-12)16(18)19-6-5-14(17)20-16/h2-6,11,19H,7-10,18H2,1H3,(H2,17,20). The summed E-state index contributed by atoms with van der Waals surface area (Å²) in [7, 11) is 2.06. The number of piperazine rings is 1. The first kappa shape index (κ1) is 15.5. The van der Waals surface area contributed by atoms with Crippen LogP contribution in [0, 0.1) is 0 Å². The predicted molar refractivity (Wildman–Crippen MR) is 89.6 cm³/mol. The molecule has 2 heterocycles. The third-order valence-electron chi connectivity index (χ3n) is 4.20. The minimum absolute atomic E-state index is 0.0202. The lowest BCUT2D eigenvalue weighted by molar-refractivity contribution is 0.0664. The van der Waals surface area contributed by atoms with Crippen molar-refractivity contribution < 1.29 is 4.79 Å². The molecule has 0 radical (unpaired) electrons. The van der Waals surface area contributed by atoms with E-state index in [0.717, 1.165) is 26.2 Å². The van der Waals surface area contributed by atoms with Gasteiger partial charge < -0.3 is 20.9 Å². The summed E-state index contributed by atoms with van der Waals surface area (Å²) in [6.45, 7) is 3.25. The Morgan fingerprint density at radius 1 is 1.30 bits per heavy atom. The van der Waals surface area contributed by atoms with E-state index in [1.807, 2.05) is 17.0 Å². The summed E-state index contributed by atoms with van der Waals surface area (Å²) < 4.78 is 0. The van der Waals surface area contributed by atoms with Crippen LogP contribution in [0.1, 0.15) is 15.9 Å². The number of hydrogen-bond donors (Lipinski definition) is 3. The van der Waals surface area contributed by atoms with Crippen LogP contribution in [0.5, 0.6) is 0 Å². The molecule has 1 atom stereocenters. The van der Waals surface area contributed by atoms with E-state index in [0.29, 0.717) is 17.0 Å². The van der Waals surface area contributed by atoms with Crippen LogP contribution in [0.25, 0.3) is 0 Å². The van der Waals surface area contributed by atoms with E-state index in [2.05, 4.69) is 22.3 Å². The molecule has 122 valence electrons. The lowest BCUT2D eigenvalue weighted by Gasteiger charge is -2.33. The van der Waals surface area contributed by atoms with Crippen LogP contribution >= 0.6 is 0 Å². The molecule has 1 amide bonds. The lowest BCUT2D eigenvalue weighted by atomic mass is 10.0. The van der Waals surface area contributed by atoms with Gasteiger partial charge in [-0.3, -0.25) is 10.5 Å². The molecule has 0 aliphatic carbocycles. The molecule has 0 spiro atoms. The van der Waals surface area contributed by atoms with Crippen LogP contribution in [-0.4, -0.2) is 54.8 Å². The SMILES string of the molecule is CN1CCN(C(=O)c2cccc(C3(N)N=C(N)C=CN3)c2)CC1. The van der Waals surface area contributed by atoms with Gasteiger partial charge in [-0.05, 0) is 25.3 Å².